The van der Waals surface area contributed by atoms with Gasteiger partial charge >= 0.3 is 0 Å². The summed E-state index contributed by atoms with van der Waals surface area (Å²) in [6.45, 7) is -0.472. The Morgan fingerprint density at radius 1 is 1.30 bits per heavy atom. The van der Waals surface area contributed by atoms with E-state index >= 15 is 0 Å². The lowest BCUT2D eigenvalue weighted by Gasteiger charge is -2.14. The van der Waals surface area contributed by atoms with Crippen molar-refractivity contribution in [2.24, 2.45) is 0 Å². The van der Waals surface area contributed by atoms with Crippen molar-refractivity contribution in [1.29, 1.82) is 0 Å². The van der Waals surface area contributed by atoms with E-state index in [1.165, 1.54) is 25.3 Å². The van der Waals surface area contributed by atoms with E-state index in [1.807, 2.05) is 0 Å². The maximum absolute atomic E-state index is 12.6. The summed E-state index contributed by atoms with van der Waals surface area (Å²) in [5.74, 6) is -0.773. The monoisotopic (exact) mass is 491 g/mol. The van der Waals surface area contributed by atoms with Crippen molar-refractivity contribution in [3.8, 4) is 5.75 Å². The highest BCUT2D eigenvalue weighted by molar-refractivity contribution is 9.10. The van der Waals surface area contributed by atoms with Crippen LogP contribution >= 0.6 is 27.7 Å². The lowest BCUT2D eigenvalue weighted by molar-refractivity contribution is -0.385. The number of nitro benzene ring substituents is 1. The minimum absolute atomic E-state index is 0.0710. The number of methoxy groups -OCH3 is 1. The second-order valence-corrected chi connectivity index (χ2v) is 7.83. The highest BCUT2D eigenvalue weighted by atomic mass is 79.9. The maximum atomic E-state index is 12.6. The molecule has 3 amide bonds. The number of rotatable bonds is 6. The third-order valence-corrected chi connectivity index (χ3v) is 5.60. The van der Waals surface area contributed by atoms with Crippen molar-refractivity contribution < 1.29 is 24.0 Å². The first-order valence-corrected chi connectivity index (χ1v) is 10.0. The predicted molar refractivity (Wildman–Crippen MR) is 115 cm³/mol. The van der Waals surface area contributed by atoms with E-state index < -0.39 is 28.5 Å². The predicted octanol–water partition coefficient (Wildman–Crippen LogP) is 4.04. The molecule has 0 radical (unpaired) electrons. The van der Waals surface area contributed by atoms with Crippen LogP contribution in [0.3, 0.4) is 0 Å². The molecular formula is C19H14BrN3O6S. The number of anilines is 1. The van der Waals surface area contributed by atoms with Crippen molar-refractivity contribution in [3.05, 3.63) is 67.5 Å². The molecule has 2 aromatic rings. The Kier molecular flexibility index (Phi) is 6.53. The molecule has 1 aliphatic heterocycles. The highest BCUT2D eigenvalue weighted by Gasteiger charge is 2.36. The molecule has 11 heteroatoms. The first-order chi connectivity index (χ1) is 14.3. The molecule has 30 heavy (non-hydrogen) atoms. The van der Waals surface area contributed by atoms with Gasteiger partial charge in [0.15, 0.2) is 0 Å². The number of nitrogens with one attached hydrogen (secondary N) is 1. The molecule has 2 aromatic carbocycles. The van der Waals surface area contributed by atoms with Crippen LogP contribution in [0.2, 0.25) is 0 Å². The van der Waals surface area contributed by atoms with Crippen LogP contribution in [0.4, 0.5) is 16.2 Å². The topological polar surface area (TPSA) is 119 Å². The number of hydrogen-bond donors (Lipinski definition) is 1. The first-order valence-electron chi connectivity index (χ1n) is 8.42. The van der Waals surface area contributed by atoms with Gasteiger partial charge in [-0.05, 0) is 57.5 Å². The van der Waals surface area contributed by atoms with Gasteiger partial charge in [-0.25, -0.2) is 0 Å². The fraction of sp³-hybridized carbons (Fsp3) is 0.105. The summed E-state index contributed by atoms with van der Waals surface area (Å²) in [5, 5.41) is 13.1. The molecule has 154 valence electrons. The van der Waals surface area contributed by atoms with Gasteiger partial charge < -0.3 is 10.1 Å². The Morgan fingerprint density at radius 3 is 2.73 bits per heavy atom. The fourth-order valence-corrected chi connectivity index (χ4v) is 3.86. The van der Waals surface area contributed by atoms with Crippen LogP contribution in [0.1, 0.15) is 5.56 Å². The van der Waals surface area contributed by atoms with Gasteiger partial charge in [0.05, 0.1) is 27.1 Å². The number of amides is 3. The van der Waals surface area contributed by atoms with Gasteiger partial charge in [-0.2, -0.15) is 0 Å². The van der Waals surface area contributed by atoms with Gasteiger partial charge in [0.1, 0.15) is 12.3 Å². The number of benzene rings is 2. The van der Waals surface area contributed by atoms with Crippen LogP contribution < -0.4 is 10.1 Å². The van der Waals surface area contributed by atoms with Crippen molar-refractivity contribution in [2.45, 2.75) is 0 Å². The normalized spacial score (nSPS) is 14.9. The standard InChI is InChI=1S/C19H14BrN3O6S/c1-29-15-5-3-2-4-13(15)21-17(24)10-22-18(25)16(30-19(22)26)9-11-6-7-12(20)14(8-11)23(27)28/h2-9H,10H2,1H3,(H,21,24)/b16-9-. The van der Waals surface area contributed by atoms with Crippen molar-refractivity contribution in [1.82, 2.24) is 4.90 Å². The van der Waals surface area contributed by atoms with Gasteiger partial charge in [0.25, 0.3) is 16.8 Å². The van der Waals surface area contributed by atoms with E-state index in [-0.39, 0.29) is 10.6 Å². The average Bonchev–Trinajstić information content (AvgIpc) is 2.97. The quantitative estimate of drug-likeness (QED) is 0.367. The summed E-state index contributed by atoms with van der Waals surface area (Å²) in [7, 11) is 1.46. The molecule has 9 nitrogen and oxygen atoms in total. The molecule has 0 spiro atoms. The lowest BCUT2D eigenvalue weighted by atomic mass is 10.2. The Morgan fingerprint density at radius 2 is 2.03 bits per heavy atom. The molecule has 3 rings (SSSR count). The highest BCUT2D eigenvalue weighted by Crippen LogP contribution is 2.34. The number of hydrogen-bond acceptors (Lipinski definition) is 7. The molecule has 0 unspecified atom stereocenters. The summed E-state index contributed by atoms with van der Waals surface area (Å²) in [6, 6.07) is 11.1. The number of nitro groups is 1. The van der Waals surface area contributed by atoms with E-state index in [4.69, 9.17) is 4.74 Å². The van der Waals surface area contributed by atoms with Gasteiger partial charge in [0.2, 0.25) is 5.91 Å². The van der Waals surface area contributed by atoms with Gasteiger partial charge in [-0.1, -0.05) is 18.2 Å². The number of nitrogens with zero attached hydrogens (tertiary/aromatic N) is 2. The van der Waals surface area contributed by atoms with E-state index in [0.717, 1.165) is 4.90 Å². The molecule has 1 saturated heterocycles. The van der Waals surface area contributed by atoms with Crippen molar-refractivity contribution in [3.63, 3.8) is 0 Å². The van der Waals surface area contributed by atoms with Crippen LogP contribution in [-0.4, -0.2) is 40.5 Å². The first kappa shape index (κ1) is 21.5. The third kappa shape index (κ3) is 4.69. The molecular weight excluding hydrogens is 478 g/mol. The summed E-state index contributed by atoms with van der Waals surface area (Å²) in [5.41, 5.74) is 0.628. The van der Waals surface area contributed by atoms with E-state index in [2.05, 4.69) is 21.2 Å². The summed E-state index contributed by atoms with van der Waals surface area (Å²) in [6.07, 6.45) is 1.38. The summed E-state index contributed by atoms with van der Waals surface area (Å²) in [4.78, 5) is 48.5. The fourth-order valence-electron chi connectivity index (χ4n) is 2.63. The molecule has 1 N–H and O–H groups in total. The molecule has 0 aliphatic carbocycles. The molecule has 1 heterocycles. The third-order valence-electron chi connectivity index (χ3n) is 4.02. The molecule has 0 saturated carbocycles. The summed E-state index contributed by atoms with van der Waals surface area (Å²) >= 11 is 3.75. The van der Waals surface area contributed by atoms with Crippen LogP contribution in [0.25, 0.3) is 6.08 Å². The maximum Gasteiger partial charge on any atom is 0.294 e. The Labute approximate surface area is 183 Å². The van der Waals surface area contributed by atoms with E-state index in [1.54, 1.807) is 30.3 Å². The number of halogens is 1. The minimum Gasteiger partial charge on any atom is -0.495 e. The number of carbonyl (C=O) groups is 3. The van der Waals surface area contributed by atoms with Crippen molar-refractivity contribution >= 4 is 62.2 Å². The van der Waals surface area contributed by atoms with Crippen molar-refractivity contribution in [2.75, 3.05) is 19.0 Å². The largest absolute Gasteiger partial charge is 0.495 e. The zero-order chi connectivity index (χ0) is 21.8. The number of carbonyl (C=O) groups excluding carboxylic acids is 3. The number of thioether (sulfide) groups is 1. The van der Waals surface area contributed by atoms with E-state index in [9.17, 15) is 24.5 Å². The Hall–Kier alpha value is -3.18. The Bertz CT molecular complexity index is 1090. The molecule has 1 fully saturated rings. The van der Waals surface area contributed by atoms with Gasteiger partial charge in [0, 0.05) is 6.07 Å². The average molecular weight is 492 g/mol. The van der Waals surface area contributed by atoms with Gasteiger partial charge in [-0.3, -0.25) is 29.4 Å². The van der Waals surface area contributed by atoms with Gasteiger partial charge in [-0.15, -0.1) is 0 Å². The van der Waals surface area contributed by atoms with Crippen LogP contribution in [-0.2, 0) is 9.59 Å². The minimum atomic E-state index is -0.647. The molecule has 0 atom stereocenters. The number of ether oxygens (including phenoxy) is 1. The molecule has 0 bridgehead atoms. The lowest BCUT2D eigenvalue weighted by Crippen LogP contribution is -2.36. The SMILES string of the molecule is COc1ccccc1NC(=O)CN1C(=O)S/C(=C\c2ccc(Br)c([N+](=O)[O-])c2)C1=O. The van der Waals surface area contributed by atoms with Crippen LogP contribution in [0.15, 0.2) is 51.8 Å². The smallest absolute Gasteiger partial charge is 0.294 e. The Balaban J connectivity index is 1.75. The number of para-hydroxylation sites is 2. The second-order valence-electron chi connectivity index (χ2n) is 5.98. The van der Waals surface area contributed by atoms with Crippen LogP contribution in [0, 0.1) is 10.1 Å². The van der Waals surface area contributed by atoms with Crippen LogP contribution in [0.5, 0.6) is 5.75 Å². The molecule has 0 aromatic heterocycles. The van der Waals surface area contributed by atoms with E-state index in [0.29, 0.717) is 33.2 Å². The summed E-state index contributed by atoms with van der Waals surface area (Å²) < 4.78 is 5.45. The molecule has 1 aliphatic rings. The zero-order valence-corrected chi connectivity index (χ0v) is 17.9. The zero-order valence-electron chi connectivity index (χ0n) is 15.5. The number of imide groups is 1. The second kappa shape index (κ2) is 9.09.